The zero-order chi connectivity index (χ0) is 14.9. The summed E-state index contributed by atoms with van der Waals surface area (Å²) < 4.78 is 19.4. The van der Waals surface area contributed by atoms with E-state index in [0.717, 1.165) is 0 Å². The molecule has 0 heterocycles. The first kappa shape index (κ1) is 14.8. The lowest BCUT2D eigenvalue weighted by Gasteiger charge is -2.09. The van der Waals surface area contributed by atoms with Crippen molar-refractivity contribution in [2.45, 2.75) is 0 Å². The van der Waals surface area contributed by atoms with Crippen molar-refractivity contribution in [2.24, 2.45) is 0 Å². The van der Waals surface area contributed by atoms with E-state index in [1.807, 2.05) is 0 Å². The van der Waals surface area contributed by atoms with E-state index in [9.17, 15) is 9.18 Å². The molecule has 0 bridgehead atoms. The number of ether oxygens (including phenoxy) is 1. The number of nitrogens with two attached hydrogens (primary N) is 1. The molecule has 0 saturated heterocycles. The maximum Gasteiger partial charge on any atom is 0.198 e. The van der Waals surface area contributed by atoms with Crippen LogP contribution in [0.3, 0.4) is 0 Å². The third-order valence-corrected chi connectivity index (χ3v) is 4.04. The molecule has 0 radical (unpaired) electrons. The summed E-state index contributed by atoms with van der Waals surface area (Å²) in [6.07, 6.45) is 0. The van der Waals surface area contributed by atoms with E-state index in [4.69, 9.17) is 22.1 Å². The van der Waals surface area contributed by atoms with Crippen LogP contribution in [0.1, 0.15) is 15.9 Å². The highest BCUT2D eigenvalue weighted by Crippen LogP contribution is 2.30. The van der Waals surface area contributed by atoms with Crippen molar-refractivity contribution >= 4 is 39.0 Å². The Hall–Kier alpha value is -1.59. The average molecular weight is 359 g/mol. The van der Waals surface area contributed by atoms with Crippen LogP contribution >= 0.6 is 27.5 Å². The molecular weight excluding hydrogens is 349 g/mol. The van der Waals surface area contributed by atoms with Gasteiger partial charge in [-0.2, -0.15) is 0 Å². The van der Waals surface area contributed by atoms with Gasteiger partial charge in [-0.05, 0) is 40.2 Å². The summed E-state index contributed by atoms with van der Waals surface area (Å²) in [7, 11) is 1.49. The predicted octanol–water partition coefficient (Wildman–Crippen LogP) is 4.06. The molecule has 0 aliphatic heterocycles. The van der Waals surface area contributed by atoms with Crippen LogP contribution in [0.25, 0.3) is 0 Å². The van der Waals surface area contributed by atoms with Gasteiger partial charge in [0.25, 0.3) is 0 Å². The molecule has 104 valence electrons. The first-order valence-electron chi connectivity index (χ1n) is 5.57. The molecule has 0 amide bonds. The van der Waals surface area contributed by atoms with E-state index in [0.29, 0.717) is 10.2 Å². The molecule has 2 aromatic rings. The fourth-order valence-electron chi connectivity index (χ4n) is 1.72. The van der Waals surface area contributed by atoms with Gasteiger partial charge < -0.3 is 10.5 Å². The Bertz CT molecular complexity index is 691. The van der Waals surface area contributed by atoms with Gasteiger partial charge in [0.1, 0.15) is 5.75 Å². The van der Waals surface area contributed by atoms with Gasteiger partial charge in [0.15, 0.2) is 11.6 Å². The summed E-state index contributed by atoms with van der Waals surface area (Å²) in [4.78, 5) is 12.3. The topological polar surface area (TPSA) is 52.3 Å². The van der Waals surface area contributed by atoms with Gasteiger partial charge in [0.05, 0.1) is 17.7 Å². The van der Waals surface area contributed by atoms with Gasteiger partial charge >= 0.3 is 0 Å². The molecule has 0 saturated carbocycles. The van der Waals surface area contributed by atoms with E-state index in [1.54, 1.807) is 6.07 Å². The lowest BCUT2D eigenvalue weighted by molar-refractivity contribution is 0.103. The van der Waals surface area contributed by atoms with Crippen molar-refractivity contribution in [2.75, 3.05) is 12.8 Å². The van der Waals surface area contributed by atoms with E-state index >= 15 is 0 Å². The fourth-order valence-corrected chi connectivity index (χ4v) is 2.19. The number of benzene rings is 2. The summed E-state index contributed by atoms with van der Waals surface area (Å²) in [5.74, 6) is -0.785. The van der Waals surface area contributed by atoms with Crippen molar-refractivity contribution in [3.05, 3.63) is 56.8 Å². The quantitative estimate of drug-likeness (QED) is 0.511. The molecule has 3 nitrogen and oxygen atoms in total. The molecule has 2 N–H and O–H groups in total. The number of ketones is 1. The Labute approximate surface area is 128 Å². The number of carbonyl (C=O) groups excluding carboxylic acids is 1. The van der Waals surface area contributed by atoms with Crippen LogP contribution in [0.15, 0.2) is 34.8 Å². The number of hydrogen-bond donors (Lipinski definition) is 1. The van der Waals surface area contributed by atoms with Crippen molar-refractivity contribution < 1.29 is 13.9 Å². The lowest BCUT2D eigenvalue weighted by atomic mass is 10.0. The molecule has 0 aliphatic rings. The maximum absolute atomic E-state index is 14.0. The Balaban J connectivity index is 2.49. The molecule has 2 aromatic carbocycles. The second kappa shape index (κ2) is 5.81. The van der Waals surface area contributed by atoms with E-state index in [1.165, 1.54) is 31.4 Å². The molecule has 6 heteroatoms. The first-order chi connectivity index (χ1) is 9.45. The zero-order valence-electron chi connectivity index (χ0n) is 10.4. The molecule has 0 aliphatic carbocycles. The molecule has 2 rings (SSSR count). The summed E-state index contributed by atoms with van der Waals surface area (Å²) in [6, 6.07) is 7.45. The van der Waals surface area contributed by atoms with E-state index in [-0.39, 0.29) is 21.8 Å². The molecule has 0 aromatic heterocycles. The van der Waals surface area contributed by atoms with Crippen LogP contribution in [0.2, 0.25) is 5.02 Å². The van der Waals surface area contributed by atoms with Crippen molar-refractivity contribution in [3.8, 4) is 5.75 Å². The van der Waals surface area contributed by atoms with Crippen LogP contribution in [0, 0.1) is 5.82 Å². The predicted molar refractivity (Wildman–Crippen MR) is 79.9 cm³/mol. The third-order valence-electron chi connectivity index (χ3n) is 2.78. The van der Waals surface area contributed by atoms with Gasteiger partial charge in [0.2, 0.25) is 0 Å². The number of anilines is 1. The van der Waals surface area contributed by atoms with Gasteiger partial charge in [-0.3, -0.25) is 4.79 Å². The highest BCUT2D eigenvalue weighted by Gasteiger charge is 2.20. The molecule has 20 heavy (non-hydrogen) atoms. The standard InChI is InChI=1S/C14H10BrClFNO2/c1-20-7-2-3-8(11(18)6-7)14(19)9-4-5-10(15)12(16)13(9)17/h2-6H,18H2,1H3. The number of halogens is 3. The zero-order valence-corrected chi connectivity index (χ0v) is 12.8. The minimum Gasteiger partial charge on any atom is -0.497 e. The highest BCUT2D eigenvalue weighted by molar-refractivity contribution is 9.10. The summed E-state index contributed by atoms with van der Waals surface area (Å²) in [6.45, 7) is 0. The lowest BCUT2D eigenvalue weighted by Crippen LogP contribution is -2.08. The van der Waals surface area contributed by atoms with Gasteiger partial charge in [-0.1, -0.05) is 11.6 Å². The highest BCUT2D eigenvalue weighted by atomic mass is 79.9. The Morgan fingerprint density at radius 1 is 1.30 bits per heavy atom. The van der Waals surface area contributed by atoms with Crippen LogP contribution in [0.4, 0.5) is 10.1 Å². The minimum atomic E-state index is -0.777. The number of methoxy groups -OCH3 is 1. The maximum atomic E-state index is 14.0. The second-order valence-corrected chi connectivity index (χ2v) is 5.24. The smallest absolute Gasteiger partial charge is 0.198 e. The van der Waals surface area contributed by atoms with Crippen molar-refractivity contribution in [1.82, 2.24) is 0 Å². The number of hydrogen-bond acceptors (Lipinski definition) is 3. The molecular formula is C14H10BrClFNO2. The largest absolute Gasteiger partial charge is 0.497 e. The molecule has 0 fully saturated rings. The van der Waals surface area contributed by atoms with Crippen molar-refractivity contribution in [3.63, 3.8) is 0 Å². The van der Waals surface area contributed by atoms with Gasteiger partial charge in [-0.15, -0.1) is 0 Å². The van der Waals surface area contributed by atoms with Crippen LogP contribution in [-0.4, -0.2) is 12.9 Å². The van der Waals surface area contributed by atoms with Crippen LogP contribution < -0.4 is 10.5 Å². The SMILES string of the molecule is COc1ccc(C(=O)c2ccc(Br)c(Cl)c2F)c(N)c1. The number of rotatable bonds is 3. The summed E-state index contributed by atoms with van der Waals surface area (Å²) in [5.41, 5.74) is 6.07. The van der Waals surface area contributed by atoms with E-state index < -0.39 is 11.6 Å². The molecule has 0 unspecified atom stereocenters. The Kier molecular flexibility index (Phi) is 4.30. The third kappa shape index (κ3) is 2.64. The second-order valence-electron chi connectivity index (χ2n) is 4.01. The molecule has 0 spiro atoms. The normalized spacial score (nSPS) is 10.4. The number of carbonyl (C=O) groups is 1. The number of nitrogen functional groups attached to an aromatic ring is 1. The monoisotopic (exact) mass is 357 g/mol. The van der Waals surface area contributed by atoms with Gasteiger partial charge in [0, 0.05) is 21.8 Å². The minimum absolute atomic E-state index is 0.130. The van der Waals surface area contributed by atoms with Crippen LogP contribution in [-0.2, 0) is 0 Å². The Morgan fingerprint density at radius 3 is 2.55 bits per heavy atom. The first-order valence-corrected chi connectivity index (χ1v) is 6.74. The van der Waals surface area contributed by atoms with Gasteiger partial charge in [-0.25, -0.2) is 4.39 Å². The van der Waals surface area contributed by atoms with Crippen LogP contribution in [0.5, 0.6) is 5.75 Å². The van der Waals surface area contributed by atoms with Crippen molar-refractivity contribution in [1.29, 1.82) is 0 Å². The Morgan fingerprint density at radius 2 is 1.95 bits per heavy atom. The average Bonchev–Trinajstić information content (AvgIpc) is 2.44. The fraction of sp³-hybridized carbons (Fsp3) is 0.0714. The summed E-state index contributed by atoms with van der Waals surface area (Å²) >= 11 is 8.87. The summed E-state index contributed by atoms with van der Waals surface area (Å²) in [5, 5.41) is -0.136. The molecule has 0 atom stereocenters. The van der Waals surface area contributed by atoms with E-state index in [2.05, 4.69) is 15.9 Å².